The van der Waals surface area contributed by atoms with Gasteiger partial charge in [0.15, 0.2) is 0 Å². The summed E-state index contributed by atoms with van der Waals surface area (Å²) >= 11 is 1.66. The van der Waals surface area contributed by atoms with E-state index in [0.717, 1.165) is 43.7 Å². The van der Waals surface area contributed by atoms with Crippen LogP contribution in [-0.2, 0) is 16.1 Å². The fourth-order valence-corrected chi connectivity index (χ4v) is 5.69. The van der Waals surface area contributed by atoms with Crippen LogP contribution in [0.1, 0.15) is 29.5 Å². The first kappa shape index (κ1) is 21.9. The van der Waals surface area contributed by atoms with Crippen LogP contribution < -0.4 is 5.32 Å². The van der Waals surface area contributed by atoms with Gasteiger partial charge in [-0.15, -0.1) is 11.8 Å². The van der Waals surface area contributed by atoms with E-state index in [4.69, 9.17) is 0 Å². The van der Waals surface area contributed by atoms with E-state index in [2.05, 4.69) is 40.5 Å². The van der Waals surface area contributed by atoms with Gasteiger partial charge in [0, 0.05) is 24.5 Å². The Morgan fingerprint density at radius 2 is 1.94 bits per heavy atom. The van der Waals surface area contributed by atoms with E-state index in [-0.39, 0.29) is 17.7 Å². The Morgan fingerprint density at radius 3 is 2.71 bits per heavy atom. The topological polar surface area (TPSA) is 52.7 Å². The Kier molecular flexibility index (Phi) is 6.98. The molecule has 2 aromatic carbocycles. The maximum Gasteiger partial charge on any atom is 0.248 e. The molecule has 2 aliphatic heterocycles. The molecule has 1 N–H and O–H groups in total. The summed E-state index contributed by atoms with van der Waals surface area (Å²) in [7, 11) is 0. The first-order valence-electron chi connectivity index (χ1n) is 11.0. The molecule has 6 heteroatoms. The van der Waals surface area contributed by atoms with Gasteiger partial charge in [-0.1, -0.05) is 48.0 Å². The summed E-state index contributed by atoms with van der Waals surface area (Å²) in [6.07, 6.45) is 1.92. The van der Waals surface area contributed by atoms with Gasteiger partial charge in [0.25, 0.3) is 0 Å². The van der Waals surface area contributed by atoms with E-state index < -0.39 is 6.04 Å². The number of nitrogens with zero attached hydrogens (tertiary/aromatic N) is 2. The minimum atomic E-state index is -0.400. The number of aryl methyl sites for hydroxylation is 2. The second-order valence-corrected chi connectivity index (χ2v) is 9.69. The molecule has 2 atom stereocenters. The van der Waals surface area contributed by atoms with Crippen molar-refractivity contribution in [1.82, 2.24) is 9.80 Å². The van der Waals surface area contributed by atoms with Crippen molar-refractivity contribution in [2.24, 2.45) is 5.92 Å². The summed E-state index contributed by atoms with van der Waals surface area (Å²) in [6, 6.07) is 16.0. The van der Waals surface area contributed by atoms with Gasteiger partial charge >= 0.3 is 0 Å². The van der Waals surface area contributed by atoms with Crippen molar-refractivity contribution in [3.05, 3.63) is 65.2 Å². The predicted octanol–water partition coefficient (Wildman–Crippen LogP) is 4.06. The van der Waals surface area contributed by atoms with Crippen LogP contribution >= 0.6 is 11.8 Å². The molecule has 164 valence electrons. The molecule has 0 saturated carbocycles. The first-order valence-corrected chi connectivity index (χ1v) is 12.2. The summed E-state index contributed by atoms with van der Waals surface area (Å²) < 4.78 is 0. The zero-order chi connectivity index (χ0) is 21.8. The van der Waals surface area contributed by atoms with Crippen molar-refractivity contribution in [3.8, 4) is 0 Å². The number of anilines is 1. The van der Waals surface area contributed by atoms with Crippen LogP contribution in [0.3, 0.4) is 0 Å². The largest absolute Gasteiger partial charge is 0.324 e. The van der Waals surface area contributed by atoms with E-state index in [9.17, 15) is 9.59 Å². The van der Waals surface area contributed by atoms with Gasteiger partial charge in [0.05, 0.1) is 11.8 Å². The predicted molar refractivity (Wildman–Crippen MR) is 127 cm³/mol. The number of rotatable bonds is 5. The van der Waals surface area contributed by atoms with Crippen LogP contribution in [0, 0.1) is 19.8 Å². The average Bonchev–Trinajstić information content (AvgIpc) is 3.26. The summed E-state index contributed by atoms with van der Waals surface area (Å²) in [6.45, 7) is 6.69. The van der Waals surface area contributed by atoms with Crippen molar-refractivity contribution in [2.75, 3.05) is 30.0 Å². The normalized spacial score (nSPS) is 21.8. The molecule has 4 rings (SSSR count). The molecule has 2 saturated heterocycles. The molecular formula is C25H31N3O2S. The number of carbonyl (C=O) groups is 2. The summed E-state index contributed by atoms with van der Waals surface area (Å²) in [4.78, 5) is 30.6. The van der Waals surface area contributed by atoms with Crippen molar-refractivity contribution in [2.45, 2.75) is 39.3 Å². The monoisotopic (exact) mass is 437 g/mol. The number of hydrogen-bond donors (Lipinski definition) is 1. The van der Waals surface area contributed by atoms with Crippen molar-refractivity contribution in [3.63, 3.8) is 0 Å². The standard InChI is InChI=1S/C25H31N3O2S/c1-18-10-11-22(19(2)13-18)26-24(29)23-16-31-17-28(23)25(30)21-9-6-12-27(15-21)14-20-7-4-3-5-8-20/h3-5,7-8,10-11,13,21,23H,6,9,12,14-17H2,1-2H3,(H,26,29). The summed E-state index contributed by atoms with van der Waals surface area (Å²) in [5.41, 5.74) is 4.31. The number of hydrogen-bond acceptors (Lipinski definition) is 4. The van der Waals surface area contributed by atoms with Gasteiger partial charge < -0.3 is 10.2 Å². The highest BCUT2D eigenvalue weighted by Crippen LogP contribution is 2.28. The van der Waals surface area contributed by atoms with Crippen LogP contribution in [0.25, 0.3) is 0 Å². The molecule has 2 amide bonds. The van der Waals surface area contributed by atoms with Gasteiger partial charge in [0.2, 0.25) is 11.8 Å². The Bertz CT molecular complexity index is 934. The quantitative estimate of drug-likeness (QED) is 0.767. The van der Waals surface area contributed by atoms with Crippen LogP contribution in [0.5, 0.6) is 0 Å². The Morgan fingerprint density at radius 1 is 1.13 bits per heavy atom. The molecule has 2 aromatic rings. The molecule has 2 unspecified atom stereocenters. The lowest BCUT2D eigenvalue weighted by Gasteiger charge is -2.35. The fraction of sp³-hybridized carbons (Fsp3) is 0.440. The highest BCUT2D eigenvalue weighted by Gasteiger charge is 2.38. The second kappa shape index (κ2) is 9.88. The molecule has 2 heterocycles. The second-order valence-electron chi connectivity index (χ2n) is 8.69. The van der Waals surface area contributed by atoms with Gasteiger partial charge in [-0.05, 0) is 50.4 Å². The minimum Gasteiger partial charge on any atom is -0.324 e. The van der Waals surface area contributed by atoms with Gasteiger partial charge in [0.1, 0.15) is 6.04 Å². The summed E-state index contributed by atoms with van der Waals surface area (Å²) in [5.74, 6) is 1.26. The van der Waals surface area contributed by atoms with E-state index in [1.165, 1.54) is 11.1 Å². The Hall–Kier alpha value is -2.31. The van der Waals surface area contributed by atoms with E-state index in [1.807, 2.05) is 32.0 Å². The van der Waals surface area contributed by atoms with Crippen molar-refractivity contribution < 1.29 is 9.59 Å². The lowest BCUT2D eigenvalue weighted by molar-refractivity contribution is -0.141. The van der Waals surface area contributed by atoms with E-state index >= 15 is 0 Å². The zero-order valence-corrected chi connectivity index (χ0v) is 19.2. The third-order valence-electron chi connectivity index (χ3n) is 6.21. The first-order chi connectivity index (χ1) is 15.0. The number of carbonyl (C=O) groups excluding carboxylic acids is 2. The lowest BCUT2D eigenvalue weighted by Crippen LogP contribution is -2.50. The van der Waals surface area contributed by atoms with Crippen LogP contribution in [0.2, 0.25) is 0 Å². The maximum absolute atomic E-state index is 13.4. The average molecular weight is 438 g/mol. The molecule has 0 aromatic heterocycles. The van der Waals surface area contributed by atoms with Gasteiger partial charge in [-0.3, -0.25) is 14.5 Å². The molecule has 2 aliphatic rings. The number of piperidine rings is 1. The zero-order valence-electron chi connectivity index (χ0n) is 18.3. The van der Waals surface area contributed by atoms with Gasteiger partial charge in [-0.25, -0.2) is 0 Å². The maximum atomic E-state index is 13.4. The third kappa shape index (κ3) is 5.31. The van der Waals surface area contributed by atoms with E-state index in [1.54, 1.807) is 16.7 Å². The number of nitrogens with one attached hydrogen (secondary N) is 1. The summed E-state index contributed by atoms with van der Waals surface area (Å²) in [5, 5.41) is 3.05. The van der Waals surface area contributed by atoms with Gasteiger partial charge in [-0.2, -0.15) is 0 Å². The highest BCUT2D eigenvalue weighted by molar-refractivity contribution is 7.99. The molecule has 0 bridgehead atoms. The molecule has 0 spiro atoms. The number of benzene rings is 2. The van der Waals surface area contributed by atoms with Crippen LogP contribution in [-0.4, -0.2) is 52.4 Å². The molecule has 2 fully saturated rings. The Labute approximate surface area is 189 Å². The molecule has 0 aliphatic carbocycles. The van der Waals surface area contributed by atoms with Crippen molar-refractivity contribution >= 4 is 29.3 Å². The van der Waals surface area contributed by atoms with E-state index in [0.29, 0.717) is 11.6 Å². The lowest BCUT2D eigenvalue weighted by atomic mass is 9.95. The number of amides is 2. The molecule has 5 nitrogen and oxygen atoms in total. The smallest absolute Gasteiger partial charge is 0.248 e. The number of likely N-dealkylation sites (tertiary alicyclic amines) is 1. The minimum absolute atomic E-state index is 0.0347. The van der Waals surface area contributed by atoms with Crippen LogP contribution in [0.4, 0.5) is 5.69 Å². The SMILES string of the molecule is Cc1ccc(NC(=O)C2CSCN2C(=O)C2CCCN(Cc3ccccc3)C2)c(C)c1. The number of thioether (sulfide) groups is 1. The molecular weight excluding hydrogens is 406 g/mol. The Balaban J connectivity index is 1.39. The fourth-order valence-electron chi connectivity index (χ4n) is 4.52. The molecule has 31 heavy (non-hydrogen) atoms. The highest BCUT2D eigenvalue weighted by atomic mass is 32.2. The molecule has 0 radical (unpaired) electrons. The van der Waals surface area contributed by atoms with Crippen LogP contribution in [0.15, 0.2) is 48.5 Å². The third-order valence-corrected chi connectivity index (χ3v) is 7.22. The van der Waals surface area contributed by atoms with Crippen molar-refractivity contribution in [1.29, 1.82) is 0 Å².